The smallest absolute Gasteiger partial charge is 0.334 e. The van der Waals surface area contributed by atoms with Crippen LogP contribution >= 0.6 is 0 Å². The number of aliphatic hydroxyl groups excluding tert-OH is 1. The largest absolute Gasteiger partial charge is 0.454 e. The van der Waals surface area contributed by atoms with Crippen molar-refractivity contribution in [1.82, 2.24) is 0 Å². The molecule has 2 bridgehead atoms. The molecule has 0 aromatic rings. The van der Waals surface area contributed by atoms with Gasteiger partial charge < -0.3 is 9.84 Å². The van der Waals surface area contributed by atoms with Gasteiger partial charge in [0.1, 0.15) is 6.10 Å². The van der Waals surface area contributed by atoms with Crippen LogP contribution in [0.1, 0.15) is 33.6 Å². The Balaban J connectivity index is 2.34. The molecule has 2 rings (SSSR count). The molecule has 98 valence electrons. The van der Waals surface area contributed by atoms with Crippen molar-refractivity contribution >= 4 is 5.97 Å². The molecule has 1 N–H and O–H groups in total. The van der Waals surface area contributed by atoms with Gasteiger partial charge in [-0.2, -0.15) is 0 Å². The maximum Gasteiger partial charge on any atom is 0.334 e. The summed E-state index contributed by atoms with van der Waals surface area (Å²) < 4.78 is 5.39. The summed E-state index contributed by atoms with van der Waals surface area (Å²) in [5.41, 5.74) is 1.37. The maximum atomic E-state index is 11.7. The summed E-state index contributed by atoms with van der Waals surface area (Å²) in [5, 5.41) is 9.97. The van der Waals surface area contributed by atoms with Gasteiger partial charge in [-0.15, -0.1) is 0 Å². The molecule has 0 radical (unpaired) electrons. The van der Waals surface area contributed by atoms with Gasteiger partial charge in [0.15, 0.2) is 0 Å². The summed E-state index contributed by atoms with van der Waals surface area (Å²) in [6.07, 6.45) is 8.25. The number of fused-ring (bicyclic) bond motifs is 1. The normalized spacial score (nSPS) is 35.9. The van der Waals surface area contributed by atoms with Gasteiger partial charge >= 0.3 is 5.97 Å². The summed E-state index contributed by atoms with van der Waals surface area (Å²) >= 11 is 0. The third-order valence-electron chi connectivity index (χ3n) is 3.64. The first-order valence-corrected chi connectivity index (χ1v) is 6.36. The molecule has 0 aromatic heterocycles. The van der Waals surface area contributed by atoms with Gasteiger partial charge in [-0.25, -0.2) is 4.79 Å². The second-order valence-corrected chi connectivity index (χ2v) is 5.63. The predicted octanol–water partition coefficient (Wildman–Crippen LogP) is 2.52. The van der Waals surface area contributed by atoms with Gasteiger partial charge in [0.25, 0.3) is 0 Å². The molecule has 1 aliphatic heterocycles. The van der Waals surface area contributed by atoms with E-state index in [4.69, 9.17) is 4.74 Å². The fraction of sp³-hybridized carbons (Fsp3) is 0.533. The summed E-state index contributed by atoms with van der Waals surface area (Å²) in [5.74, 6) is -0.200. The minimum Gasteiger partial charge on any atom is -0.454 e. The standard InChI is InChI=1S/C15H20O3/c1-10-5-4-6-11-9-13(18-14(11)17)15(2,3)8-7-12(10)16/h5,7-9,12-13,16H,4,6H2,1-3H3/b8-7+,10-5+/t12-,13-/m0/s1. The van der Waals surface area contributed by atoms with Crippen LogP contribution in [-0.2, 0) is 9.53 Å². The number of carbonyl (C=O) groups is 1. The van der Waals surface area contributed by atoms with Crippen LogP contribution < -0.4 is 0 Å². The molecular weight excluding hydrogens is 228 g/mol. The highest BCUT2D eigenvalue weighted by Crippen LogP contribution is 2.33. The Kier molecular flexibility index (Phi) is 3.44. The van der Waals surface area contributed by atoms with E-state index in [2.05, 4.69) is 0 Å². The molecule has 0 saturated heterocycles. The first kappa shape index (κ1) is 13.1. The first-order chi connectivity index (χ1) is 8.40. The third kappa shape index (κ3) is 2.56. The Hall–Kier alpha value is -1.35. The van der Waals surface area contributed by atoms with E-state index in [0.717, 1.165) is 17.6 Å². The van der Waals surface area contributed by atoms with Crippen molar-refractivity contribution in [3.05, 3.63) is 35.5 Å². The molecule has 1 heterocycles. The van der Waals surface area contributed by atoms with Crippen molar-refractivity contribution in [3.63, 3.8) is 0 Å². The van der Waals surface area contributed by atoms with E-state index in [1.165, 1.54) is 0 Å². The van der Waals surface area contributed by atoms with E-state index >= 15 is 0 Å². The molecule has 0 amide bonds. The number of rotatable bonds is 0. The molecule has 2 aliphatic rings. The number of carbonyl (C=O) groups excluding carboxylic acids is 1. The average Bonchev–Trinajstić information content (AvgIpc) is 2.67. The lowest BCUT2D eigenvalue weighted by Gasteiger charge is -2.26. The Morgan fingerprint density at radius 3 is 2.89 bits per heavy atom. The molecular formula is C15H20O3. The summed E-state index contributed by atoms with van der Waals surface area (Å²) in [6, 6.07) is 0. The number of aliphatic hydroxyl groups is 1. The molecule has 2 atom stereocenters. The number of ether oxygens (including phenoxy) is 1. The molecule has 0 spiro atoms. The number of hydrogen-bond acceptors (Lipinski definition) is 3. The highest BCUT2D eigenvalue weighted by Gasteiger charge is 2.35. The van der Waals surface area contributed by atoms with Crippen LogP contribution in [-0.4, -0.2) is 23.3 Å². The molecule has 0 saturated carbocycles. The van der Waals surface area contributed by atoms with Gasteiger partial charge in [-0.3, -0.25) is 0 Å². The highest BCUT2D eigenvalue weighted by molar-refractivity contribution is 5.91. The lowest BCUT2D eigenvalue weighted by molar-refractivity contribution is -0.142. The van der Waals surface area contributed by atoms with Crippen LogP contribution in [0.2, 0.25) is 0 Å². The van der Waals surface area contributed by atoms with Gasteiger partial charge in [0.2, 0.25) is 0 Å². The Morgan fingerprint density at radius 2 is 2.17 bits per heavy atom. The number of esters is 1. The first-order valence-electron chi connectivity index (χ1n) is 6.36. The number of hydrogen-bond donors (Lipinski definition) is 1. The van der Waals surface area contributed by atoms with E-state index in [1.807, 2.05) is 39.0 Å². The topological polar surface area (TPSA) is 46.5 Å². The molecule has 0 unspecified atom stereocenters. The SMILES string of the molecule is C/C1=C\CCC2=C[C@H](OC2=O)C(C)(C)/C=C/[C@@H]1O. The van der Waals surface area contributed by atoms with Crippen molar-refractivity contribution < 1.29 is 14.6 Å². The fourth-order valence-corrected chi connectivity index (χ4v) is 2.19. The van der Waals surface area contributed by atoms with E-state index in [9.17, 15) is 9.90 Å². The molecule has 0 fully saturated rings. The predicted molar refractivity (Wildman–Crippen MR) is 69.9 cm³/mol. The van der Waals surface area contributed by atoms with E-state index in [0.29, 0.717) is 6.42 Å². The summed E-state index contributed by atoms with van der Waals surface area (Å²) in [6.45, 7) is 5.92. The fourth-order valence-electron chi connectivity index (χ4n) is 2.19. The molecule has 3 heteroatoms. The van der Waals surface area contributed by atoms with Crippen molar-refractivity contribution in [3.8, 4) is 0 Å². The average molecular weight is 248 g/mol. The second-order valence-electron chi connectivity index (χ2n) is 5.63. The van der Waals surface area contributed by atoms with Gasteiger partial charge in [0, 0.05) is 11.0 Å². The van der Waals surface area contributed by atoms with Gasteiger partial charge in [-0.1, -0.05) is 32.1 Å². The monoisotopic (exact) mass is 248 g/mol. The van der Waals surface area contributed by atoms with E-state index < -0.39 is 6.10 Å². The zero-order valence-corrected chi connectivity index (χ0v) is 11.1. The van der Waals surface area contributed by atoms with Crippen LogP contribution in [0.5, 0.6) is 0 Å². The van der Waals surface area contributed by atoms with Crippen LogP contribution in [0.4, 0.5) is 0 Å². The van der Waals surface area contributed by atoms with Gasteiger partial charge in [0.05, 0.1) is 6.10 Å². The minimum absolute atomic E-state index is 0.200. The van der Waals surface area contributed by atoms with E-state index in [-0.39, 0.29) is 17.5 Å². The third-order valence-corrected chi connectivity index (χ3v) is 3.64. The zero-order valence-electron chi connectivity index (χ0n) is 11.1. The molecule has 3 nitrogen and oxygen atoms in total. The maximum absolute atomic E-state index is 11.7. The number of allylic oxidation sites excluding steroid dienone is 1. The van der Waals surface area contributed by atoms with Crippen LogP contribution in [0.15, 0.2) is 35.5 Å². The van der Waals surface area contributed by atoms with Gasteiger partial charge in [-0.05, 0) is 31.4 Å². The molecule has 18 heavy (non-hydrogen) atoms. The van der Waals surface area contributed by atoms with E-state index in [1.54, 1.807) is 6.08 Å². The van der Waals surface area contributed by atoms with Crippen molar-refractivity contribution in [2.24, 2.45) is 5.41 Å². The summed E-state index contributed by atoms with van der Waals surface area (Å²) in [7, 11) is 0. The second kappa shape index (κ2) is 4.73. The Bertz CT molecular complexity index is 441. The minimum atomic E-state index is -0.554. The lowest BCUT2D eigenvalue weighted by atomic mass is 9.85. The van der Waals surface area contributed by atoms with Crippen molar-refractivity contribution in [1.29, 1.82) is 0 Å². The van der Waals surface area contributed by atoms with Crippen LogP contribution in [0.3, 0.4) is 0 Å². The zero-order chi connectivity index (χ0) is 13.3. The molecule has 1 aliphatic carbocycles. The van der Waals surface area contributed by atoms with Crippen molar-refractivity contribution in [2.75, 3.05) is 0 Å². The van der Waals surface area contributed by atoms with Crippen molar-refractivity contribution in [2.45, 2.75) is 45.8 Å². The Morgan fingerprint density at radius 1 is 1.44 bits per heavy atom. The highest BCUT2D eigenvalue weighted by atomic mass is 16.5. The summed E-state index contributed by atoms with van der Waals surface area (Å²) in [4.78, 5) is 11.7. The Labute approximate surface area is 108 Å². The lowest BCUT2D eigenvalue weighted by Crippen LogP contribution is -2.27. The van der Waals surface area contributed by atoms with Crippen LogP contribution in [0, 0.1) is 5.41 Å². The van der Waals surface area contributed by atoms with Crippen LogP contribution in [0.25, 0.3) is 0 Å². The quantitative estimate of drug-likeness (QED) is 0.529. The molecule has 0 aromatic carbocycles.